The van der Waals surface area contributed by atoms with Crippen molar-refractivity contribution in [3.05, 3.63) is 34.9 Å². The van der Waals surface area contributed by atoms with Crippen LogP contribution >= 0.6 is 11.6 Å². The number of nitrogens with one attached hydrogen (secondary N) is 1. The third-order valence-electron chi connectivity index (χ3n) is 4.23. The molecule has 2 N–H and O–H groups in total. The standard InChI is InChI=1S/C18H26ClN3O4/c1-14(24)21-8-10-26-17(13-21)11-20-18(25)22(7-2-9-23)12-15-3-5-16(19)6-4-15/h3-6,17,23H,2,7-13H2,1H3,(H,20,25)/t17-/m0/s1. The average Bonchev–Trinajstić information content (AvgIpc) is 2.65. The van der Waals surface area contributed by atoms with E-state index in [4.69, 9.17) is 21.4 Å². The second-order valence-corrected chi connectivity index (χ2v) is 6.71. The highest BCUT2D eigenvalue weighted by Crippen LogP contribution is 2.12. The number of carbonyl (C=O) groups is 2. The number of aliphatic hydroxyl groups excluding tert-OH is 1. The van der Waals surface area contributed by atoms with Gasteiger partial charge in [0.05, 0.1) is 12.7 Å². The van der Waals surface area contributed by atoms with E-state index >= 15 is 0 Å². The molecule has 0 saturated carbocycles. The van der Waals surface area contributed by atoms with Gasteiger partial charge in [0, 0.05) is 51.3 Å². The number of rotatable bonds is 7. The molecule has 8 heteroatoms. The molecule has 0 spiro atoms. The summed E-state index contributed by atoms with van der Waals surface area (Å²) in [5.74, 6) is 0.0111. The van der Waals surface area contributed by atoms with Crippen molar-refractivity contribution in [1.29, 1.82) is 0 Å². The summed E-state index contributed by atoms with van der Waals surface area (Å²) in [5, 5.41) is 12.6. The highest BCUT2D eigenvalue weighted by Gasteiger charge is 2.23. The smallest absolute Gasteiger partial charge is 0.317 e. The van der Waals surface area contributed by atoms with Crippen molar-refractivity contribution < 1.29 is 19.4 Å². The highest BCUT2D eigenvalue weighted by atomic mass is 35.5. The zero-order valence-corrected chi connectivity index (χ0v) is 15.7. The van der Waals surface area contributed by atoms with Crippen LogP contribution in [0.3, 0.4) is 0 Å². The number of benzene rings is 1. The molecule has 0 aliphatic carbocycles. The Morgan fingerprint density at radius 3 is 2.77 bits per heavy atom. The molecule has 0 radical (unpaired) electrons. The molecule has 144 valence electrons. The van der Waals surface area contributed by atoms with Gasteiger partial charge in [0.25, 0.3) is 0 Å². The molecule has 1 atom stereocenters. The molecule has 0 aromatic heterocycles. The van der Waals surface area contributed by atoms with Gasteiger partial charge in [0.1, 0.15) is 0 Å². The number of amides is 3. The Hall–Kier alpha value is -1.83. The number of nitrogens with zero attached hydrogens (tertiary/aromatic N) is 2. The molecular formula is C18H26ClN3O4. The SMILES string of the molecule is CC(=O)N1CCO[C@@H](CNC(=O)N(CCCO)Cc2ccc(Cl)cc2)C1. The Morgan fingerprint density at radius 1 is 1.38 bits per heavy atom. The first-order valence-corrected chi connectivity index (χ1v) is 9.12. The Morgan fingerprint density at radius 2 is 2.12 bits per heavy atom. The Balaban J connectivity index is 1.89. The van der Waals surface area contributed by atoms with E-state index in [1.54, 1.807) is 21.9 Å². The van der Waals surface area contributed by atoms with Gasteiger partial charge >= 0.3 is 6.03 Å². The summed E-state index contributed by atoms with van der Waals surface area (Å²) >= 11 is 5.90. The molecule has 1 aliphatic rings. The molecule has 1 aromatic carbocycles. The van der Waals surface area contributed by atoms with Crippen molar-refractivity contribution in [1.82, 2.24) is 15.1 Å². The molecule has 0 unspecified atom stereocenters. The minimum Gasteiger partial charge on any atom is -0.396 e. The first kappa shape index (κ1) is 20.5. The topological polar surface area (TPSA) is 82.1 Å². The number of morpholine rings is 1. The lowest BCUT2D eigenvalue weighted by molar-refractivity contribution is -0.136. The van der Waals surface area contributed by atoms with Crippen molar-refractivity contribution >= 4 is 23.5 Å². The van der Waals surface area contributed by atoms with Gasteiger partial charge in [-0.15, -0.1) is 0 Å². The summed E-state index contributed by atoms with van der Waals surface area (Å²) in [6, 6.07) is 7.08. The molecule has 1 aliphatic heterocycles. The maximum absolute atomic E-state index is 12.5. The highest BCUT2D eigenvalue weighted by molar-refractivity contribution is 6.30. The van der Waals surface area contributed by atoms with Gasteiger partial charge in [0.15, 0.2) is 0 Å². The predicted octanol–water partition coefficient (Wildman–Crippen LogP) is 1.48. The van der Waals surface area contributed by atoms with Gasteiger partial charge in [-0.3, -0.25) is 4.79 Å². The van der Waals surface area contributed by atoms with Crippen LogP contribution in [0, 0.1) is 0 Å². The normalized spacial score (nSPS) is 17.0. The zero-order valence-electron chi connectivity index (χ0n) is 15.0. The number of carbonyl (C=O) groups excluding carboxylic acids is 2. The Labute approximate surface area is 158 Å². The summed E-state index contributed by atoms with van der Waals surface area (Å²) in [4.78, 5) is 27.4. The van der Waals surface area contributed by atoms with Crippen LogP contribution in [0.25, 0.3) is 0 Å². The number of urea groups is 1. The van der Waals surface area contributed by atoms with Crippen LogP contribution in [0.1, 0.15) is 18.9 Å². The lowest BCUT2D eigenvalue weighted by atomic mass is 10.2. The predicted molar refractivity (Wildman–Crippen MR) is 99.0 cm³/mol. The number of hydrogen-bond donors (Lipinski definition) is 2. The number of ether oxygens (including phenoxy) is 1. The van der Waals surface area contributed by atoms with E-state index in [0.717, 1.165) is 5.56 Å². The Kier molecular flexibility index (Phi) is 8.15. The van der Waals surface area contributed by atoms with Crippen LogP contribution in [0.2, 0.25) is 5.02 Å². The second-order valence-electron chi connectivity index (χ2n) is 6.27. The van der Waals surface area contributed by atoms with Gasteiger partial charge in [-0.1, -0.05) is 23.7 Å². The molecule has 3 amide bonds. The van der Waals surface area contributed by atoms with Crippen molar-refractivity contribution in [3.63, 3.8) is 0 Å². The first-order chi connectivity index (χ1) is 12.5. The molecular weight excluding hydrogens is 358 g/mol. The molecule has 26 heavy (non-hydrogen) atoms. The minimum atomic E-state index is -0.225. The Bertz CT molecular complexity index is 597. The summed E-state index contributed by atoms with van der Waals surface area (Å²) < 4.78 is 5.62. The van der Waals surface area contributed by atoms with Gasteiger partial charge in [0.2, 0.25) is 5.91 Å². The second kappa shape index (κ2) is 10.4. The van der Waals surface area contributed by atoms with Gasteiger partial charge in [-0.2, -0.15) is 0 Å². The van der Waals surface area contributed by atoms with Crippen molar-refractivity contribution in [2.24, 2.45) is 0 Å². The fourth-order valence-electron chi connectivity index (χ4n) is 2.77. The van der Waals surface area contributed by atoms with Crippen molar-refractivity contribution in [3.8, 4) is 0 Å². The zero-order chi connectivity index (χ0) is 18.9. The maximum atomic E-state index is 12.5. The summed E-state index contributed by atoms with van der Waals surface area (Å²) in [7, 11) is 0. The van der Waals surface area contributed by atoms with Crippen molar-refractivity contribution in [2.75, 3.05) is 39.4 Å². The van der Waals surface area contributed by atoms with E-state index in [-0.39, 0.29) is 24.6 Å². The number of hydrogen-bond acceptors (Lipinski definition) is 4. The van der Waals surface area contributed by atoms with E-state index < -0.39 is 0 Å². The van der Waals surface area contributed by atoms with Crippen LogP contribution in [-0.2, 0) is 16.1 Å². The first-order valence-electron chi connectivity index (χ1n) is 8.74. The summed E-state index contributed by atoms with van der Waals surface area (Å²) in [5.41, 5.74) is 0.958. The van der Waals surface area contributed by atoms with Crippen molar-refractivity contribution in [2.45, 2.75) is 26.0 Å². The van der Waals surface area contributed by atoms with E-state index in [1.165, 1.54) is 6.92 Å². The van der Waals surface area contributed by atoms with Gasteiger partial charge < -0.3 is 25.0 Å². The van der Waals surface area contributed by atoms with Gasteiger partial charge in [-0.25, -0.2) is 4.79 Å². The monoisotopic (exact) mass is 383 g/mol. The molecule has 1 saturated heterocycles. The van der Waals surface area contributed by atoms with E-state index in [0.29, 0.717) is 50.8 Å². The van der Waals surface area contributed by atoms with Gasteiger partial charge in [-0.05, 0) is 24.1 Å². The summed E-state index contributed by atoms with van der Waals surface area (Å²) in [6.45, 7) is 4.28. The van der Waals surface area contributed by atoms with E-state index in [1.807, 2.05) is 12.1 Å². The largest absolute Gasteiger partial charge is 0.396 e. The molecule has 1 heterocycles. The maximum Gasteiger partial charge on any atom is 0.317 e. The third-order valence-corrected chi connectivity index (χ3v) is 4.48. The van der Waals surface area contributed by atoms with Crippen LogP contribution in [0.5, 0.6) is 0 Å². The lowest BCUT2D eigenvalue weighted by Gasteiger charge is -2.33. The molecule has 0 bridgehead atoms. The number of aliphatic hydroxyl groups is 1. The average molecular weight is 384 g/mol. The fourth-order valence-corrected chi connectivity index (χ4v) is 2.89. The molecule has 2 rings (SSSR count). The fraction of sp³-hybridized carbons (Fsp3) is 0.556. The van der Waals surface area contributed by atoms with Crippen LogP contribution in [-0.4, -0.2) is 72.3 Å². The summed E-state index contributed by atoms with van der Waals surface area (Å²) in [6.07, 6.45) is 0.283. The van der Waals surface area contributed by atoms with Crippen LogP contribution in [0.15, 0.2) is 24.3 Å². The quantitative estimate of drug-likeness (QED) is 0.747. The van der Waals surface area contributed by atoms with E-state index in [2.05, 4.69) is 5.32 Å². The molecule has 1 fully saturated rings. The third kappa shape index (κ3) is 6.48. The molecule has 7 nitrogen and oxygen atoms in total. The van der Waals surface area contributed by atoms with Crippen LogP contribution < -0.4 is 5.32 Å². The molecule has 1 aromatic rings. The van der Waals surface area contributed by atoms with Crippen LogP contribution in [0.4, 0.5) is 4.79 Å². The lowest BCUT2D eigenvalue weighted by Crippen LogP contribution is -2.50. The van der Waals surface area contributed by atoms with E-state index in [9.17, 15) is 9.59 Å². The minimum absolute atomic E-state index is 0.0111. The number of halogens is 1.